The summed E-state index contributed by atoms with van der Waals surface area (Å²) in [5.41, 5.74) is 1.85. The molecular weight excluding hydrogens is 276 g/mol. The van der Waals surface area contributed by atoms with Gasteiger partial charge >= 0.3 is 0 Å². The van der Waals surface area contributed by atoms with Crippen LogP contribution in [0.3, 0.4) is 0 Å². The maximum Gasteiger partial charge on any atom is 0.253 e. The van der Waals surface area contributed by atoms with E-state index in [9.17, 15) is 4.79 Å². The number of hydrogen-bond donors (Lipinski definition) is 0. The smallest absolute Gasteiger partial charge is 0.253 e. The molecule has 0 spiro atoms. The third-order valence-electron chi connectivity index (χ3n) is 3.48. The lowest BCUT2D eigenvalue weighted by Gasteiger charge is -2.21. The summed E-state index contributed by atoms with van der Waals surface area (Å²) < 4.78 is 5.46. The molecule has 0 N–H and O–H groups in total. The van der Waals surface area contributed by atoms with E-state index in [1.807, 2.05) is 49.1 Å². The van der Waals surface area contributed by atoms with Gasteiger partial charge < -0.3 is 9.64 Å². The molecule has 116 valence electrons. The zero-order chi connectivity index (χ0) is 15.8. The van der Waals surface area contributed by atoms with Crippen LogP contribution in [0.5, 0.6) is 5.75 Å². The van der Waals surface area contributed by atoms with Crippen LogP contribution in [0.15, 0.2) is 48.8 Å². The fourth-order valence-electron chi connectivity index (χ4n) is 2.28. The molecule has 4 heteroatoms. The molecule has 2 rings (SSSR count). The van der Waals surface area contributed by atoms with E-state index in [0.717, 1.165) is 12.2 Å². The van der Waals surface area contributed by atoms with Gasteiger partial charge in [0.05, 0.1) is 6.61 Å². The Labute approximate surface area is 131 Å². The fraction of sp³-hybridized carbons (Fsp3) is 0.333. The second-order valence-electron chi connectivity index (χ2n) is 4.95. The number of hydrogen-bond acceptors (Lipinski definition) is 3. The molecule has 4 nitrogen and oxygen atoms in total. The van der Waals surface area contributed by atoms with Crippen LogP contribution < -0.4 is 4.74 Å². The molecule has 1 heterocycles. The van der Waals surface area contributed by atoms with Gasteiger partial charge in [-0.05, 0) is 56.2 Å². The van der Waals surface area contributed by atoms with Gasteiger partial charge in [0.2, 0.25) is 0 Å². The fourth-order valence-corrected chi connectivity index (χ4v) is 2.28. The van der Waals surface area contributed by atoms with Crippen LogP contribution in [-0.2, 0) is 6.42 Å². The molecule has 2 aromatic rings. The minimum atomic E-state index is 0.0399. The minimum absolute atomic E-state index is 0.0399. The number of aromatic nitrogens is 1. The molecule has 0 saturated heterocycles. The zero-order valence-electron chi connectivity index (χ0n) is 13.2. The lowest BCUT2D eigenvalue weighted by Crippen LogP contribution is -2.32. The number of rotatable bonds is 7. The quantitative estimate of drug-likeness (QED) is 0.788. The minimum Gasteiger partial charge on any atom is -0.494 e. The van der Waals surface area contributed by atoms with Crippen LogP contribution in [0.1, 0.15) is 29.8 Å². The Bertz CT molecular complexity index is 599. The number of nitrogens with zero attached hydrogens (tertiary/aromatic N) is 2. The van der Waals surface area contributed by atoms with Crippen molar-refractivity contribution in [2.24, 2.45) is 0 Å². The summed E-state index contributed by atoms with van der Waals surface area (Å²) in [7, 11) is 0. The van der Waals surface area contributed by atoms with E-state index < -0.39 is 0 Å². The van der Waals surface area contributed by atoms with Crippen molar-refractivity contribution in [2.75, 3.05) is 19.7 Å². The van der Waals surface area contributed by atoms with E-state index in [2.05, 4.69) is 4.98 Å². The first-order valence-electron chi connectivity index (χ1n) is 7.65. The van der Waals surface area contributed by atoms with Crippen LogP contribution in [0.25, 0.3) is 0 Å². The molecule has 0 radical (unpaired) electrons. The van der Waals surface area contributed by atoms with Crippen LogP contribution in [0, 0.1) is 0 Å². The van der Waals surface area contributed by atoms with Gasteiger partial charge in [-0.15, -0.1) is 0 Å². The molecule has 1 amide bonds. The SMILES string of the molecule is CCOc1cccc(C(=O)N(CC)CCc2ccncc2)c1. The third kappa shape index (κ3) is 4.32. The molecule has 0 aliphatic heterocycles. The molecule has 0 saturated carbocycles. The number of carbonyl (C=O) groups is 1. The maximum absolute atomic E-state index is 12.6. The average molecular weight is 298 g/mol. The van der Waals surface area contributed by atoms with E-state index in [1.165, 1.54) is 5.56 Å². The van der Waals surface area contributed by atoms with Crippen molar-refractivity contribution < 1.29 is 9.53 Å². The molecule has 0 unspecified atom stereocenters. The van der Waals surface area contributed by atoms with Gasteiger partial charge in [0.25, 0.3) is 5.91 Å². The standard InChI is InChI=1S/C18H22N2O2/c1-3-20(13-10-15-8-11-19-12-9-15)18(21)16-6-5-7-17(14-16)22-4-2/h5-9,11-12,14H,3-4,10,13H2,1-2H3. The van der Waals surface area contributed by atoms with E-state index in [4.69, 9.17) is 4.74 Å². The summed E-state index contributed by atoms with van der Waals surface area (Å²) in [6, 6.07) is 11.3. The summed E-state index contributed by atoms with van der Waals surface area (Å²) in [4.78, 5) is 18.5. The van der Waals surface area contributed by atoms with Crippen LogP contribution in [0.4, 0.5) is 0 Å². The van der Waals surface area contributed by atoms with Gasteiger partial charge in [0, 0.05) is 31.0 Å². The van der Waals surface area contributed by atoms with Gasteiger partial charge in [-0.25, -0.2) is 0 Å². The van der Waals surface area contributed by atoms with Crippen LogP contribution in [0.2, 0.25) is 0 Å². The lowest BCUT2D eigenvalue weighted by molar-refractivity contribution is 0.0765. The van der Waals surface area contributed by atoms with Gasteiger partial charge in [-0.1, -0.05) is 6.07 Å². The topological polar surface area (TPSA) is 42.4 Å². The molecule has 0 aliphatic rings. The molecule has 0 bridgehead atoms. The largest absolute Gasteiger partial charge is 0.494 e. The first-order valence-corrected chi connectivity index (χ1v) is 7.65. The second kappa shape index (κ2) is 8.17. The molecule has 22 heavy (non-hydrogen) atoms. The molecule has 0 atom stereocenters. The number of carbonyl (C=O) groups excluding carboxylic acids is 1. The van der Waals surface area contributed by atoms with Crippen molar-refractivity contribution in [3.63, 3.8) is 0 Å². The molecule has 0 fully saturated rings. The number of ether oxygens (including phenoxy) is 1. The molecule has 1 aromatic heterocycles. The number of benzene rings is 1. The van der Waals surface area contributed by atoms with Crippen molar-refractivity contribution in [1.29, 1.82) is 0 Å². The van der Waals surface area contributed by atoms with Gasteiger partial charge in [-0.3, -0.25) is 9.78 Å². The maximum atomic E-state index is 12.6. The number of pyridine rings is 1. The predicted molar refractivity (Wildman–Crippen MR) is 87.1 cm³/mol. The van der Waals surface area contributed by atoms with Gasteiger partial charge in [0.15, 0.2) is 0 Å². The van der Waals surface area contributed by atoms with Gasteiger partial charge in [0.1, 0.15) is 5.75 Å². The number of amides is 1. The first-order chi connectivity index (χ1) is 10.7. The average Bonchev–Trinajstić information content (AvgIpc) is 2.57. The summed E-state index contributed by atoms with van der Waals surface area (Å²) in [5.74, 6) is 0.775. The number of likely N-dealkylation sites (N-methyl/N-ethyl adjacent to an activating group) is 1. The Kier molecular flexibility index (Phi) is 5.95. The van der Waals surface area contributed by atoms with Crippen LogP contribution in [-0.4, -0.2) is 35.5 Å². The first kappa shape index (κ1) is 16.0. The zero-order valence-corrected chi connectivity index (χ0v) is 13.2. The Morgan fingerprint density at radius 1 is 1.18 bits per heavy atom. The lowest BCUT2D eigenvalue weighted by atomic mass is 10.1. The molecular formula is C18H22N2O2. The second-order valence-corrected chi connectivity index (χ2v) is 4.95. The summed E-state index contributed by atoms with van der Waals surface area (Å²) in [5, 5.41) is 0. The highest BCUT2D eigenvalue weighted by molar-refractivity contribution is 5.94. The Balaban J connectivity index is 2.03. The third-order valence-corrected chi connectivity index (χ3v) is 3.48. The van der Waals surface area contributed by atoms with Crippen LogP contribution >= 0.6 is 0 Å². The molecule has 1 aromatic carbocycles. The van der Waals surface area contributed by atoms with E-state index in [0.29, 0.717) is 25.3 Å². The highest BCUT2D eigenvalue weighted by Gasteiger charge is 2.14. The Morgan fingerprint density at radius 2 is 1.95 bits per heavy atom. The highest BCUT2D eigenvalue weighted by atomic mass is 16.5. The Morgan fingerprint density at radius 3 is 2.64 bits per heavy atom. The van der Waals surface area contributed by atoms with E-state index in [-0.39, 0.29) is 5.91 Å². The monoisotopic (exact) mass is 298 g/mol. The summed E-state index contributed by atoms with van der Waals surface area (Å²) >= 11 is 0. The normalized spacial score (nSPS) is 10.3. The summed E-state index contributed by atoms with van der Waals surface area (Å²) in [6.45, 7) is 5.90. The van der Waals surface area contributed by atoms with E-state index in [1.54, 1.807) is 18.5 Å². The van der Waals surface area contributed by atoms with Crippen molar-refractivity contribution in [1.82, 2.24) is 9.88 Å². The van der Waals surface area contributed by atoms with E-state index >= 15 is 0 Å². The predicted octanol–water partition coefficient (Wildman–Crippen LogP) is 3.19. The van der Waals surface area contributed by atoms with Crippen molar-refractivity contribution in [3.8, 4) is 5.75 Å². The molecule has 0 aliphatic carbocycles. The van der Waals surface area contributed by atoms with Crippen molar-refractivity contribution in [3.05, 3.63) is 59.9 Å². The summed E-state index contributed by atoms with van der Waals surface area (Å²) in [6.07, 6.45) is 4.38. The van der Waals surface area contributed by atoms with Crippen molar-refractivity contribution in [2.45, 2.75) is 20.3 Å². The highest BCUT2D eigenvalue weighted by Crippen LogP contribution is 2.15. The van der Waals surface area contributed by atoms with Gasteiger partial charge in [-0.2, -0.15) is 0 Å². The Hall–Kier alpha value is -2.36. The van der Waals surface area contributed by atoms with Crippen molar-refractivity contribution >= 4 is 5.91 Å².